The number of benzene rings is 3. The van der Waals surface area contributed by atoms with Gasteiger partial charge in [0.15, 0.2) is 0 Å². The van der Waals surface area contributed by atoms with E-state index in [-0.39, 0.29) is 18.1 Å². The third-order valence-corrected chi connectivity index (χ3v) is 7.09. The monoisotopic (exact) mass is 505 g/mol. The van der Waals surface area contributed by atoms with Crippen LogP contribution < -0.4 is 9.46 Å². The largest absolute Gasteiger partial charge is 0.491 e. The maximum atomic E-state index is 13.3. The van der Waals surface area contributed by atoms with E-state index < -0.39 is 15.9 Å². The van der Waals surface area contributed by atoms with Crippen molar-refractivity contribution < 1.29 is 19.4 Å². The van der Waals surface area contributed by atoms with Gasteiger partial charge in [-0.3, -0.25) is 9.48 Å². The molecular formula is C28H31N3O4S. The SMILES string of the molecule is Cc1cccc(C)c1Cn1nc(-c2cccc(OC(C)C)c2)cc1C(=O)NS(=O)(=O)c1ccccc1.[HH]. The zero-order chi connectivity index (χ0) is 25.9. The zero-order valence-electron chi connectivity index (χ0n) is 20.7. The summed E-state index contributed by atoms with van der Waals surface area (Å²) in [6.45, 7) is 8.20. The van der Waals surface area contributed by atoms with Crippen LogP contribution >= 0.6 is 0 Å². The molecule has 1 N–H and O–H groups in total. The molecule has 0 saturated carbocycles. The van der Waals surface area contributed by atoms with Gasteiger partial charge >= 0.3 is 0 Å². The summed E-state index contributed by atoms with van der Waals surface area (Å²) < 4.78 is 35.2. The van der Waals surface area contributed by atoms with Crippen molar-refractivity contribution in [3.05, 3.63) is 101 Å². The van der Waals surface area contributed by atoms with Gasteiger partial charge < -0.3 is 4.74 Å². The summed E-state index contributed by atoms with van der Waals surface area (Å²) in [4.78, 5) is 13.3. The van der Waals surface area contributed by atoms with Crippen LogP contribution in [-0.4, -0.2) is 30.2 Å². The fraction of sp³-hybridized carbons (Fsp3) is 0.214. The number of aryl methyl sites for hydroxylation is 2. The second kappa shape index (κ2) is 10.4. The summed E-state index contributed by atoms with van der Waals surface area (Å²) in [6.07, 6.45) is 0.00590. The van der Waals surface area contributed by atoms with Crippen molar-refractivity contribution in [2.45, 2.75) is 45.2 Å². The Morgan fingerprint density at radius 1 is 0.972 bits per heavy atom. The molecule has 0 fully saturated rings. The maximum absolute atomic E-state index is 13.3. The number of ether oxygens (including phenoxy) is 1. The first-order valence-corrected chi connectivity index (χ1v) is 13.1. The molecule has 36 heavy (non-hydrogen) atoms. The lowest BCUT2D eigenvalue weighted by Crippen LogP contribution is -2.32. The number of aromatic nitrogens is 2. The standard InChI is InChI=1S/C28H29N3O4S.H2/c1-19(2)35-23-13-9-12-22(16-23)26-17-27(28(32)30-36(33,34)24-14-6-5-7-15-24)31(29-26)18-25-20(3)10-8-11-21(25)4;/h5-17,19H,18H2,1-4H3,(H,30,32);1H. The number of hydrogen-bond donors (Lipinski definition) is 1. The third kappa shape index (κ3) is 5.66. The highest BCUT2D eigenvalue weighted by atomic mass is 32.2. The number of nitrogens with zero attached hydrogens (tertiary/aromatic N) is 2. The lowest BCUT2D eigenvalue weighted by Gasteiger charge is -2.13. The molecule has 0 unspecified atom stereocenters. The molecule has 0 aliphatic heterocycles. The molecule has 0 aliphatic rings. The average molecular weight is 506 g/mol. The second-order valence-corrected chi connectivity index (χ2v) is 10.6. The number of hydrogen-bond acceptors (Lipinski definition) is 5. The molecule has 0 aliphatic carbocycles. The topological polar surface area (TPSA) is 90.3 Å². The number of carbonyl (C=O) groups excluding carboxylic acids is 1. The van der Waals surface area contributed by atoms with E-state index in [2.05, 4.69) is 4.72 Å². The molecular weight excluding hydrogens is 474 g/mol. The molecule has 0 saturated heterocycles. The summed E-state index contributed by atoms with van der Waals surface area (Å²) in [5, 5.41) is 4.71. The lowest BCUT2D eigenvalue weighted by atomic mass is 10.0. The van der Waals surface area contributed by atoms with Crippen molar-refractivity contribution in [2.24, 2.45) is 0 Å². The molecule has 188 valence electrons. The van der Waals surface area contributed by atoms with Crippen LogP contribution in [0.25, 0.3) is 11.3 Å². The molecule has 4 rings (SSSR count). The van der Waals surface area contributed by atoms with Gasteiger partial charge in [0.1, 0.15) is 11.4 Å². The van der Waals surface area contributed by atoms with Gasteiger partial charge in [0.05, 0.1) is 23.2 Å². The summed E-state index contributed by atoms with van der Waals surface area (Å²) in [5.41, 5.74) is 4.57. The van der Waals surface area contributed by atoms with Gasteiger partial charge in [-0.15, -0.1) is 0 Å². The van der Waals surface area contributed by atoms with Crippen LogP contribution in [0.3, 0.4) is 0 Å². The van der Waals surface area contributed by atoms with Crippen LogP contribution in [0.4, 0.5) is 0 Å². The van der Waals surface area contributed by atoms with Gasteiger partial charge in [0.25, 0.3) is 15.9 Å². The molecule has 0 spiro atoms. The molecule has 1 heterocycles. The third-order valence-electron chi connectivity index (χ3n) is 5.75. The van der Waals surface area contributed by atoms with E-state index in [0.717, 1.165) is 22.3 Å². The van der Waals surface area contributed by atoms with Gasteiger partial charge in [0.2, 0.25) is 0 Å². The van der Waals surface area contributed by atoms with Crippen LogP contribution in [0.1, 0.15) is 42.5 Å². The van der Waals surface area contributed by atoms with Crippen molar-refractivity contribution in [3.63, 3.8) is 0 Å². The van der Waals surface area contributed by atoms with E-state index in [1.54, 1.807) is 28.9 Å². The van der Waals surface area contributed by atoms with Crippen LogP contribution in [0.15, 0.2) is 83.8 Å². The molecule has 1 aromatic heterocycles. The van der Waals surface area contributed by atoms with Gasteiger partial charge in [-0.05, 0) is 74.7 Å². The van der Waals surface area contributed by atoms with Crippen LogP contribution in [0.2, 0.25) is 0 Å². The first-order valence-electron chi connectivity index (χ1n) is 11.7. The number of nitrogens with one attached hydrogen (secondary N) is 1. The molecule has 0 radical (unpaired) electrons. The Morgan fingerprint density at radius 3 is 2.31 bits per heavy atom. The van der Waals surface area contributed by atoms with Crippen molar-refractivity contribution in [1.29, 1.82) is 0 Å². The number of carbonyl (C=O) groups is 1. The molecule has 7 nitrogen and oxygen atoms in total. The molecule has 8 heteroatoms. The minimum atomic E-state index is -4.05. The van der Waals surface area contributed by atoms with Gasteiger partial charge in [0, 0.05) is 6.99 Å². The number of rotatable bonds is 8. The van der Waals surface area contributed by atoms with E-state index in [0.29, 0.717) is 18.0 Å². The van der Waals surface area contributed by atoms with Crippen LogP contribution in [-0.2, 0) is 16.6 Å². The Kier molecular flexibility index (Phi) is 7.26. The summed E-state index contributed by atoms with van der Waals surface area (Å²) in [5.74, 6) is -0.0668. The highest BCUT2D eigenvalue weighted by Gasteiger charge is 2.23. The molecule has 4 aromatic rings. The summed E-state index contributed by atoms with van der Waals surface area (Å²) in [7, 11) is -4.05. The lowest BCUT2D eigenvalue weighted by molar-refractivity contribution is 0.0971. The van der Waals surface area contributed by atoms with Crippen LogP contribution in [0.5, 0.6) is 5.75 Å². The molecule has 0 atom stereocenters. The molecule has 1 amide bonds. The normalized spacial score (nSPS) is 11.5. The maximum Gasteiger partial charge on any atom is 0.283 e. The van der Waals surface area contributed by atoms with Crippen molar-refractivity contribution >= 4 is 15.9 Å². The second-order valence-electron chi connectivity index (χ2n) is 8.88. The van der Waals surface area contributed by atoms with E-state index in [4.69, 9.17) is 9.84 Å². The predicted molar refractivity (Wildman–Crippen MR) is 142 cm³/mol. The first kappa shape index (κ1) is 25.2. The van der Waals surface area contributed by atoms with Crippen LogP contribution in [0, 0.1) is 13.8 Å². The Hall–Kier alpha value is -3.91. The van der Waals surface area contributed by atoms with Gasteiger partial charge in [-0.2, -0.15) is 5.10 Å². The summed E-state index contributed by atoms with van der Waals surface area (Å²) in [6, 6.07) is 22.8. The minimum absolute atomic E-state index is 0. The fourth-order valence-corrected chi connectivity index (χ4v) is 4.93. The average Bonchev–Trinajstić information content (AvgIpc) is 3.26. The van der Waals surface area contributed by atoms with E-state index in [1.165, 1.54) is 12.1 Å². The quantitative estimate of drug-likeness (QED) is 0.348. The zero-order valence-corrected chi connectivity index (χ0v) is 21.5. The Morgan fingerprint density at radius 2 is 1.64 bits per heavy atom. The Balaban J connectivity index is 0.00000380. The number of amides is 1. The smallest absolute Gasteiger partial charge is 0.283 e. The minimum Gasteiger partial charge on any atom is -0.491 e. The molecule has 0 bridgehead atoms. The van der Waals surface area contributed by atoms with E-state index in [1.807, 2.05) is 70.2 Å². The Labute approximate surface area is 213 Å². The van der Waals surface area contributed by atoms with Crippen molar-refractivity contribution in [2.75, 3.05) is 0 Å². The first-order chi connectivity index (χ1) is 17.1. The van der Waals surface area contributed by atoms with E-state index >= 15 is 0 Å². The predicted octanol–water partition coefficient (Wildman–Crippen LogP) is 5.37. The summed E-state index contributed by atoms with van der Waals surface area (Å²) >= 11 is 0. The van der Waals surface area contributed by atoms with Gasteiger partial charge in [-0.25, -0.2) is 13.1 Å². The highest BCUT2D eigenvalue weighted by Crippen LogP contribution is 2.26. The Bertz CT molecular complexity index is 1480. The number of sulfonamides is 1. The van der Waals surface area contributed by atoms with Crippen molar-refractivity contribution in [1.82, 2.24) is 14.5 Å². The highest BCUT2D eigenvalue weighted by molar-refractivity contribution is 7.90. The van der Waals surface area contributed by atoms with Crippen molar-refractivity contribution in [3.8, 4) is 17.0 Å². The molecule has 3 aromatic carbocycles. The van der Waals surface area contributed by atoms with Gasteiger partial charge in [-0.1, -0.05) is 48.5 Å². The fourth-order valence-electron chi connectivity index (χ4n) is 3.94. The van der Waals surface area contributed by atoms with E-state index in [9.17, 15) is 13.2 Å².